The first-order chi connectivity index (χ1) is 11.9. The zero-order chi connectivity index (χ0) is 18.6. The van der Waals surface area contributed by atoms with Gasteiger partial charge in [0.05, 0.1) is 6.54 Å². The monoisotopic (exact) mass is 343 g/mol. The third-order valence-electron chi connectivity index (χ3n) is 3.92. The molecule has 0 radical (unpaired) electrons. The van der Waals surface area contributed by atoms with Crippen LogP contribution in [0.3, 0.4) is 0 Å². The Morgan fingerprint density at radius 3 is 2.48 bits per heavy atom. The fourth-order valence-electron chi connectivity index (χ4n) is 2.59. The molecule has 132 valence electrons. The molecule has 1 heterocycles. The maximum Gasteiger partial charge on any atom is 0.331 e. The molecule has 7 heteroatoms. The van der Waals surface area contributed by atoms with Crippen LogP contribution in [0, 0.1) is 25.2 Å². The summed E-state index contributed by atoms with van der Waals surface area (Å²) in [7, 11) is 0. The molecule has 0 amide bonds. The van der Waals surface area contributed by atoms with Gasteiger partial charge < -0.3 is 9.84 Å². The zero-order valence-corrected chi connectivity index (χ0v) is 14.5. The number of aliphatic hydroxyl groups is 1. The maximum absolute atomic E-state index is 12.3. The van der Waals surface area contributed by atoms with Crippen LogP contribution in [0.25, 0.3) is 0 Å². The van der Waals surface area contributed by atoms with E-state index in [4.69, 9.17) is 10.00 Å². The minimum atomic E-state index is -1.07. The Kier molecular flexibility index (Phi) is 5.78. The molecule has 1 N–H and O–H groups in total. The Morgan fingerprint density at radius 2 is 1.92 bits per heavy atom. The lowest BCUT2D eigenvalue weighted by atomic mass is 10.1. The summed E-state index contributed by atoms with van der Waals surface area (Å²) < 4.78 is 7.79. The number of nitrogens with zero attached hydrogens (tertiary/aromatic N) is 3. The molecule has 1 aromatic carbocycles. The average molecular weight is 343 g/mol. The van der Waals surface area contributed by atoms with E-state index in [2.05, 4.69) is 0 Å². The van der Waals surface area contributed by atoms with E-state index in [1.54, 1.807) is 13.0 Å². The van der Waals surface area contributed by atoms with E-state index in [-0.39, 0.29) is 18.7 Å². The van der Waals surface area contributed by atoms with Crippen molar-refractivity contribution in [2.24, 2.45) is 0 Å². The smallest absolute Gasteiger partial charge is 0.331 e. The van der Waals surface area contributed by atoms with Crippen LogP contribution in [0.5, 0.6) is 5.75 Å². The number of aromatic nitrogens is 2. The van der Waals surface area contributed by atoms with Crippen LogP contribution in [-0.2, 0) is 13.1 Å². The maximum atomic E-state index is 12.3. The van der Waals surface area contributed by atoms with Gasteiger partial charge in [-0.1, -0.05) is 18.2 Å². The number of benzene rings is 1. The Bertz CT molecular complexity index is 901. The van der Waals surface area contributed by atoms with Gasteiger partial charge >= 0.3 is 5.69 Å². The number of ether oxygens (including phenoxy) is 1. The molecule has 0 unspecified atom stereocenters. The highest BCUT2D eigenvalue weighted by atomic mass is 16.5. The van der Waals surface area contributed by atoms with Crippen LogP contribution in [0.1, 0.15) is 23.6 Å². The predicted molar refractivity (Wildman–Crippen MR) is 92.8 cm³/mol. The van der Waals surface area contributed by atoms with Gasteiger partial charge in [-0.3, -0.25) is 13.9 Å². The Morgan fingerprint density at radius 1 is 1.28 bits per heavy atom. The van der Waals surface area contributed by atoms with Crippen molar-refractivity contribution >= 4 is 0 Å². The first-order valence-corrected chi connectivity index (χ1v) is 8.00. The zero-order valence-electron chi connectivity index (χ0n) is 14.5. The predicted octanol–water partition coefficient (Wildman–Crippen LogP) is 0.958. The summed E-state index contributed by atoms with van der Waals surface area (Å²) in [4.78, 5) is 24.5. The second kappa shape index (κ2) is 7.81. The lowest BCUT2D eigenvalue weighted by molar-refractivity contribution is 0.0893. The van der Waals surface area contributed by atoms with Gasteiger partial charge in [0.25, 0.3) is 5.56 Å². The Hall–Kier alpha value is -2.85. The van der Waals surface area contributed by atoms with Crippen molar-refractivity contribution < 1.29 is 9.84 Å². The van der Waals surface area contributed by atoms with Gasteiger partial charge in [0.15, 0.2) is 0 Å². The SMILES string of the molecule is CCn1cc(C#N)c(=O)n(C[C@@H](O)COc2c(C)cccc2C)c1=O. The number of nitriles is 1. The number of aliphatic hydroxyl groups excluding tert-OH is 1. The van der Waals surface area contributed by atoms with Crippen molar-refractivity contribution in [1.29, 1.82) is 5.26 Å². The first-order valence-electron chi connectivity index (χ1n) is 8.00. The molecule has 0 saturated heterocycles. The van der Waals surface area contributed by atoms with E-state index in [1.165, 1.54) is 10.8 Å². The molecule has 0 spiro atoms. The summed E-state index contributed by atoms with van der Waals surface area (Å²) in [5, 5.41) is 19.2. The molecule has 25 heavy (non-hydrogen) atoms. The minimum absolute atomic E-state index is 0.0690. The molecular weight excluding hydrogens is 322 g/mol. The largest absolute Gasteiger partial charge is 0.490 e. The molecule has 0 aliphatic carbocycles. The summed E-state index contributed by atoms with van der Waals surface area (Å²) in [5.74, 6) is 0.672. The van der Waals surface area contributed by atoms with Gasteiger partial charge in [0.1, 0.15) is 30.1 Å². The molecule has 0 fully saturated rings. The van der Waals surface area contributed by atoms with E-state index in [9.17, 15) is 14.7 Å². The molecule has 1 atom stereocenters. The fraction of sp³-hybridized carbons (Fsp3) is 0.389. The van der Waals surface area contributed by atoms with Crippen LogP contribution in [0.15, 0.2) is 34.0 Å². The number of aryl methyl sites for hydroxylation is 3. The van der Waals surface area contributed by atoms with Crippen LogP contribution < -0.4 is 16.0 Å². The van der Waals surface area contributed by atoms with Crippen molar-refractivity contribution in [3.05, 3.63) is 61.9 Å². The molecular formula is C18H21N3O4. The Labute approximate surface area is 145 Å². The average Bonchev–Trinajstić information content (AvgIpc) is 2.58. The highest BCUT2D eigenvalue weighted by Gasteiger charge is 2.15. The van der Waals surface area contributed by atoms with Crippen LogP contribution >= 0.6 is 0 Å². The third kappa shape index (κ3) is 3.98. The Balaban J connectivity index is 2.21. The summed E-state index contributed by atoms with van der Waals surface area (Å²) in [5.41, 5.74) is 0.471. The lowest BCUT2D eigenvalue weighted by Gasteiger charge is -2.17. The molecule has 0 aliphatic heterocycles. The quantitative estimate of drug-likeness (QED) is 0.842. The summed E-state index contributed by atoms with van der Waals surface area (Å²) >= 11 is 0. The molecule has 7 nitrogen and oxygen atoms in total. The topological polar surface area (TPSA) is 97.2 Å². The summed E-state index contributed by atoms with van der Waals surface area (Å²) in [6.07, 6.45) is 0.171. The fourth-order valence-corrected chi connectivity index (χ4v) is 2.59. The van der Waals surface area contributed by atoms with Crippen LogP contribution in [0.2, 0.25) is 0 Å². The van der Waals surface area contributed by atoms with Gasteiger partial charge in [0.2, 0.25) is 0 Å². The highest BCUT2D eigenvalue weighted by molar-refractivity contribution is 5.39. The van der Waals surface area contributed by atoms with Crippen LogP contribution in [0.4, 0.5) is 0 Å². The summed E-state index contributed by atoms with van der Waals surface area (Å²) in [6, 6.07) is 7.49. The van der Waals surface area contributed by atoms with Gasteiger partial charge in [-0.05, 0) is 31.9 Å². The van der Waals surface area contributed by atoms with Crippen molar-refractivity contribution in [3.63, 3.8) is 0 Å². The second-order valence-electron chi connectivity index (χ2n) is 5.82. The number of hydrogen-bond acceptors (Lipinski definition) is 5. The number of hydrogen-bond donors (Lipinski definition) is 1. The summed E-state index contributed by atoms with van der Waals surface area (Å²) in [6.45, 7) is 5.55. The number of para-hydroxylation sites is 1. The van der Waals surface area contributed by atoms with E-state index < -0.39 is 17.4 Å². The van der Waals surface area contributed by atoms with Crippen molar-refractivity contribution in [3.8, 4) is 11.8 Å². The van der Waals surface area contributed by atoms with E-state index in [1.807, 2.05) is 32.0 Å². The van der Waals surface area contributed by atoms with Crippen molar-refractivity contribution in [2.45, 2.75) is 40.0 Å². The normalized spacial score (nSPS) is 11.8. The van der Waals surface area contributed by atoms with Gasteiger partial charge in [-0.15, -0.1) is 0 Å². The van der Waals surface area contributed by atoms with E-state index in [0.717, 1.165) is 15.7 Å². The van der Waals surface area contributed by atoms with Crippen molar-refractivity contribution in [2.75, 3.05) is 6.61 Å². The first kappa shape index (κ1) is 18.5. The second-order valence-corrected chi connectivity index (χ2v) is 5.82. The standard InChI is InChI=1S/C18H21N3O4/c1-4-20-9-14(8-19)17(23)21(18(20)24)10-15(22)11-25-16-12(2)6-5-7-13(16)3/h5-7,9,15,22H,4,10-11H2,1-3H3/t15-/m1/s1. The molecule has 1 aromatic heterocycles. The molecule has 0 bridgehead atoms. The van der Waals surface area contributed by atoms with E-state index in [0.29, 0.717) is 12.3 Å². The molecule has 2 aromatic rings. The lowest BCUT2D eigenvalue weighted by Crippen LogP contribution is -2.44. The minimum Gasteiger partial charge on any atom is -0.490 e. The highest BCUT2D eigenvalue weighted by Crippen LogP contribution is 2.22. The molecule has 0 saturated carbocycles. The van der Waals surface area contributed by atoms with E-state index >= 15 is 0 Å². The van der Waals surface area contributed by atoms with Gasteiger partial charge in [0, 0.05) is 12.7 Å². The van der Waals surface area contributed by atoms with Crippen molar-refractivity contribution in [1.82, 2.24) is 9.13 Å². The molecule has 0 aliphatic rings. The molecule has 2 rings (SSSR count). The van der Waals surface area contributed by atoms with Gasteiger partial charge in [-0.25, -0.2) is 4.79 Å². The third-order valence-corrected chi connectivity index (χ3v) is 3.92. The van der Waals surface area contributed by atoms with Gasteiger partial charge in [-0.2, -0.15) is 5.26 Å². The van der Waals surface area contributed by atoms with Crippen LogP contribution in [-0.4, -0.2) is 27.0 Å². The number of rotatable bonds is 6.